The van der Waals surface area contributed by atoms with Gasteiger partial charge in [0.25, 0.3) is 0 Å². The van der Waals surface area contributed by atoms with Crippen molar-refractivity contribution in [1.82, 2.24) is 24.7 Å². The summed E-state index contributed by atoms with van der Waals surface area (Å²) in [4.78, 5) is 5.02. The molecule has 0 radical (unpaired) electrons. The molecule has 0 N–H and O–H groups in total. The molecule has 3 aliphatic rings. The normalized spacial score (nSPS) is 23.5. The van der Waals surface area contributed by atoms with Gasteiger partial charge in [-0.25, -0.2) is 0 Å². The van der Waals surface area contributed by atoms with Crippen LogP contribution in [0, 0.1) is 5.92 Å². The Labute approximate surface area is 155 Å². The van der Waals surface area contributed by atoms with E-state index in [-0.39, 0.29) is 0 Å². The van der Waals surface area contributed by atoms with Crippen LogP contribution in [0.3, 0.4) is 0 Å². The summed E-state index contributed by atoms with van der Waals surface area (Å²) in [7, 11) is 0. The van der Waals surface area contributed by atoms with Gasteiger partial charge in [-0.2, -0.15) is 4.52 Å². The van der Waals surface area contributed by atoms with Crippen molar-refractivity contribution in [3.8, 4) is 0 Å². The molecule has 4 heterocycles. The van der Waals surface area contributed by atoms with E-state index in [2.05, 4.69) is 32.1 Å². The zero-order chi connectivity index (χ0) is 17.3. The zero-order valence-corrected chi connectivity index (χ0v) is 15.7. The summed E-state index contributed by atoms with van der Waals surface area (Å²) in [5.74, 6) is 3.57. The van der Waals surface area contributed by atoms with Crippen molar-refractivity contribution in [1.29, 1.82) is 0 Å². The van der Waals surface area contributed by atoms with Gasteiger partial charge in [0, 0.05) is 25.6 Å². The van der Waals surface area contributed by atoms with Crippen LogP contribution in [0.5, 0.6) is 0 Å². The third-order valence-electron chi connectivity index (χ3n) is 6.65. The molecule has 1 saturated carbocycles. The van der Waals surface area contributed by atoms with Crippen LogP contribution in [-0.2, 0) is 0 Å². The molecule has 0 aromatic carbocycles. The molecule has 2 aromatic heterocycles. The van der Waals surface area contributed by atoms with Crippen LogP contribution < -0.4 is 4.90 Å². The minimum atomic E-state index is 0.492. The standard InChI is InChI=1S/C20H30N6/c1-2-5-16(6-3-1)15-24-13-9-17(10-14-24)20-22-21-18-7-8-19(23-26(18)20)25-11-4-12-25/h7-8,16-17H,1-6,9-15H2. The minimum Gasteiger partial charge on any atom is -0.355 e. The lowest BCUT2D eigenvalue weighted by Gasteiger charge is -2.35. The van der Waals surface area contributed by atoms with E-state index in [0.717, 1.165) is 36.3 Å². The first kappa shape index (κ1) is 16.5. The lowest BCUT2D eigenvalue weighted by molar-refractivity contribution is 0.161. The van der Waals surface area contributed by atoms with Crippen LogP contribution in [0.25, 0.3) is 5.65 Å². The molecule has 0 unspecified atom stereocenters. The number of rotatable bonds is 4. The first-order valence-electron chi connectivity index (χ1n) is 10.6. The molecule has 6 heteroatoms. The van der Waals surface area contributed by atoms with Gasteiger partial charge in [-0.3, -0.25) is 0 Å². The van der Waals surface area contributed by atoms with Gasteiger partial charge in [-0.15, -0.1) is 15.3 Å². The average molecular weight is 355 g/mol. The summed E-state index contributed by atoms with van der Waals surface area (Å²) in [5.41, 5.74) is 0.883. The molecule has 6 nitrogen and oxygen atoms in total. The van der Waals surface area contributed by atoms with E-state index in [4.69, 9.17) is 5.10 Å². The molecule has 1 aliphatic carbocycles. The van der Waals surface area contributed by atoms with Crippen molar-refractivity contribution in [2.24, 2.45) is 5.92 Å². The van der Waals surface area contributed by atoms with Crippen LogP contribution >= 0.6 is 0 Å². The molecular weight excluding hydrogens is 324 g/mol. The topological polar surface area (TPSA) is 49.6 Å². The van der Waals surface area contributed by atoms with E-state index in [9.17, 15) is 0 Å². The predicted octanol–water partition coefficient (Wildman–Crippen LogP) is 3.09. The van der Waals surface area contributed by atoms with E-state index < -0.39 is 0 Å². The Morgan fingerprint density at radius 2 is 1.65 bits per heavy atom. The minimum absolute atomic E-state index is 0.492. The molecule has 0 atom stereocenters. The van der Waals surface area contributed by atoms with E-state index in [1.165, 1.54) is 71.0 Å². The summed E-state index contributed by atoms with van der Waals surface area (Å²) >= 11 is 0. The van der Waals surface area contributed by atoms with E-state index in [1.54, 1.807) is 0 Å². The number of hydrogen-bond donors (Lipinski definition) is 0. The fourth-order valence-corrected chi connectivity index (χ4v) is 4.87. The SMILES string of the molecule is c1cc2nnc(C3CCN(CC4CCCCC4)CC3)n2nc1N1CCC1. The van der Waals surface area contributed by atoms with Crippen LogP contribution in [0.4, 0.5) is 5.82 Å². The second kappa shape index (κ2) is 7.14. The monoisotopic (exact) mass is 354 g/mol. The number of hydrogen-bond acceptors (Lipinski definition) is 5. The number of likely N-dealkylation sites (tertiary alicyclic amines) is 1. The van der Waals surface area contributed by atoms with Gasteiger partial charge < -0.3 is 9.80 Å². The highest BCUT2D eigenvalue weighted by molar-refractivity contribution is 5.47. The lowest BCUT2D eigenvalue weighted by Crippen LogP contribution is -2.38. The third kappa shape index (κ3) is 3.20. The molecule has 5 rings (SSSR count). The number of nitrogens with zero attached hydrogens (tertiary/aromatic N) is 6. The van der Waals surface area contributed by atoms with Crippen molar-refractivity contribution >= 4 is 11.5 Å². The maximum atomic E-state index is 4.85. The summed E-state index contributed by atoms with van der Waals surface area (Å²) < 4.78 is 2.01. The molecule has 2 aliphatic heterocycles. The van der Waals surface area contributed by atoms with Crippen molar-refractivity contribution in [3.05, 3.63) is 18.0 Å². The van der Waals surface area contributed by atoms with E-state index in [0.29, 0.717) is 5.92 Å². The summed E-state index contributed by atoms with van der Waals surface area (Å²) in [6, 6.07) is 4.15. The summed E-state index contributed by atoms with van der Waals surface area (Å²) in [6.45, 7) is 5.94. The van der Waals surface area contributed by atoms with Crippen LogP contribution in [-0.4, -0.2) is 57.4 Å². The molecule has 3 fully saturated rings. The van der Waals surface area contributed by atoms with Gasteiger partial charge in [0.1, 0.15) is 5.82 Å². The Balaban J connectivity index is 1.25. The van der Waals surface area contributed by atoms with E-state index >= 15 is 0 Å². The van der Waals surface area contributed by atoms with Gasteiger partial charge in [0.05, 0.1) is 0 Å². The smallest absolute Gasteiger partial charge is 0.178 e. The van der Waals surface area contributed by atoms with Crippen LogP contribution in [0.2, 0.25) is 0 Å². The molecular formula is C20H30N6. The highest BCUT2D eigenvalue weighted by Gasteiger charge is 2.27. The van der Waals surface area contributed by atoms with E-state index in [1.807, 2.05) is 4.52 Å². The maximum Gasteiger partial charge on any atom is 0.178 e. The number of fused-ring (bicyclic) bond motifs is 1. The molecule has 0 spiro atoms. The molecule has 0 bridgehead atoms. The molecule has 0 amide bonds. The second-order valence-corrected chi connectivity index (χ2v) is 8.44. The fourth-order valence-electron chi connectivity index (χ4n) is 4.87. The number of piperidine rings is 1. The lowest BCUT2D eigenvalue weighted by atomic mass is 9.88. The maximum absolute atomic E-state index is 4.85. The first-order chi connectivity index (χ1) is 12.9. The van der Waals surface area contributed by atoms with Crippen molar-refractivity contribution < 1.29 is 0 Å². The van der Waals surface area contributed by atoms with Gasteiger partial charge in [-0.05, 0) is 63.2 Å². The largest absolute Gasteiger partial charge is 0.355 e. The van der Waals surface area contributed by atoms with Crippen LogP contribution in [0.1, 0.15) is 63.1 Å². The van der Waals surface area contributed by atoms with Crippen LogP contribution in [0.15, 0.2) is 12.1 Å². The average Bonchev–Trinajstić information content (AvgIpc) is 3.05. The predicted molar refractivity (Wildman–Crippen MR) is 103 cm³/mol. The quantitative estimate of drug-likeness (QED) is 0.844. The Kier molecular flexibility index (Phi) is 4.53. The highest BCUT2D eigenvalue weighted by Crippen LogP contribution is 2.30. The summed E-state index contributed by atoms with van der Waals surface area (Å²) in [6.07, 6.45) is 10.9. The molecule has 2 aromatic rings. The molecule has 26 heavy (non-hydrogen) atoms. The number of anilines is 1. The number of aromatic nitrogens is 4. The fraction of sp³-hybridized carbons (Fsp3) is 0.750. The van der Waals surface area contributed by atoms with Gasteiger partial charge in [0.15, 0.2) is 11.5 Å². The Bertz CT molecular complexity index is 738. The van der Waals surface area contributed by atoms with Crippen molar-refractivity contribution in [2.45, 2.75) is 57.3 Å². The van der Waals surface area contributed by atoms with Gasteiger partial charge in [0.2, 0.25) is 0 Å². The highest BCUT2D eigenvalue weighted by atomic mass is 15.4. The Hall–Kier alpha value is -1.69. The third-order valence-corrected chi connectivity index (χ3v) is 6.65. The van der Waals surface area contributed by atoms with Gasteiger partial charge in [-0.1, -0.05) is 19.3 Å². The zero-order valence-electron chi connectivity index (χ0n) is 15.7. The first-order valence-corrected chi connectivity index (χ1v) is 10.6. The van der Waals surface area contributed by atoms with Gasteiger partial charge >= 0.3 is 0 Å². The molecule has 140 valence electrons. The Morgan fingerprint density at radius 3 is 2.38 bits per heavy atom. The van der Waals surface area contributed by atoms with Crippen molar-refractivity contribution in [2.75, 3.05) is 37.6 Å². The van der Waals surface area contributed by atoms with Crippen molar-refractivity contribution in [3.63, 3.8) is 0 Å². The molecule has 2 saturated heterocycles. The second-order valence-electron chi connectivity index (χ2n) is 8.44. The summed E-state index contributed by atoms with van der Waals surface area (Å²) in [5, 5.41) is 13.7. The Morgan fingerprint density at radius 1 is 0.846 bits per heavy atom.